The third-order valence-corrected chi connectivity index (χ3v) is 3.91. The zero-order valence-electron chi connectivity index (χ0n) is 10.7. The van der Waals surface area contributed by atoms with E-state index in [1.54, 1.807) is 0 Å². The molecule has 1 aromatic rings. The summed E-state index contributed by atoms with van der Waals surface area (Å²) >= 11 is 0. The summed E-state index contributed by atoms with van der Waals surface area (Å²) < 4.78 is 10.8. The van der Waals surface area contributed by atoms with E-state index in [1.165, 1.54) is 32.1 Å². The van der Waals surface area contributed by atoms with Crippen molar-refractivity contribution >= 4 is 0 Å². The molecule has 1 saturated carbocycles. The van der Waals surface area contributed by atoms with Crippen molar-refractivity contribution in [3.05, 3.63) is 11.7 Å². The van der Waals surface area contributed by atoms with E-state index in [1.807, 2.05) is 0 Å². The van der Waals surface area contributed by atoms with E-state index in [4.69, 9.17) is 9.26 Å². The van der Waals surface area contributed by atoms with Gasteiger partial charge in [0, 0.05) is 13.0 Å². The molecular weight excluding hydrogens is 230 g/mol. The first-order valence-electron chi connectivity index (χ1n) is 7.05. The van der Waals surface area contributed by atoms with Crippen molar-refractivity contribution in [1.29, 1.82) is 0 Å². The van der Waals surface area contributed by atoms with Crippen molar-refractivity contribution in [2.45, 2.75) is 44.6 Å². The van der Waals surface area contributed by atoms with Gasteiger partial charge in [-0.2, -0.15) is 4.98 Å². The minimum atomic E-state index is 0.0996. The predicted octanol–water partition coefficient (Wildman–Crippen LogP) is 1.85. The van der Waals surface area contributed by atoms with Gasteiger partial charge in [0.2, 0.25) is 5.89 Å². The van der Waals surface area contributed by atoms with Crippen LogP contribution in [0.25, 0.3) is 0 Å². The van der Waals surface area contributed by atoms with E-state index in [-0.39, 0.29) is 6.04 Å². The fourth-order valence-corrected chi connectivity index (χ4v) is 2.86. The molecule has 1 aliphatic carbocycles. The molecule has 2 fully saturated rings. The second-order valence-corrected chi connectivity index (χ2v) is 5.34. The Balaban J connectivity index is 1.58. The Bertz CT molecular complexity index is 368. The maximum absolute atomic E-state index is 5.41. The van der Waals surface area contributed by atoms with E-state index < -0.39 is 0 Å². The molecule has 1 saturated heterocycles. The molecule has 0 spiro atoms. The molecule has 1 aromatic heterocycles. The fraction of sp³-hybridized carbons (Fsp3) is 0.846. The van der Waals surface area contributed by atoms with E-state index in [2.05, 4.69) is 15.5 Å². The molecule has 5 heteroatoms. The van der Waals surface area contributed by atoms with Gasteiger partial charge in [0.25, 0.3) is 0 Å². The highest BCUT2D eigenvalue weighted by Crippen LogP contribution is 2.26. The van der Waals surface area contributed by atoms with Gasteiger partial charge in [0.05, 0.1) is 19.3 Å². The van der Waals surface area contributed by atoms with Crippen LogP contribution in [0.15, 0.2) is 4.52 Å². The highest BCUT2D eigenvalue weighted by molar-refractivity contribution is 4.96. The maximum Gasteiger partial charge on any atom is 0.226 e. The van der Waals surface area contributed by atoms with Crippen LogP contribution in [0.3, 0.4) is 0 Å². The average Bonchev–Trinajstić information content (AvgIpc) is 2.89. The minimum absolute atomic E-state index is 0.0996. The normalized spacial score (nSPS) is 26.3. The molecule has 1 aliphatic heterocycles. The van der Waals surface area contributed by atoms with Crippen LogP contribution in [0.4, 0.5) is 0 Å². The first-order chi connectivity index (χ1) is 8.92. The number of aromatic nitrogens is 2. The van der Waals surface area contributed by atoms with Gasteiger partial charge in [0.15, 0.2) is 5.82 Å². The molecule has 1 unspecified atom stereocenters. The van der Waals surface area contributed by atoms with Crippen LogP contribution in [0, 0.1) is 5.92 Å². The molecule has 100 valence electrons. The molecule has 1 atom stereocenters. The van der Waals surface area contributed by atoms with Crippen LogP contribution in [-0.2, 0) is 11.2 Å². The monoisotopic (exact) mass is 251 g/mol. The van der Waals surface area contributed by atoms with Crippen molar-refractivity contribution in [3.63, 3.8) is 0 Å². The summed E-state index contributed by atoms with van der Waals surface area (Å²) in [5.41, 5.74) is 0. The topological polar surface area (TPSA) is 60.2 Å². The summed E-state index contributed by atoms with van der Waals surface area (Å²) in [4.78, 5) is 4.51. The molecule has 2 heterocycles. The Morgan fingerprint density at radius 3 is 2.89 bits per heavy atom. The number of nitrogens with zero attached hydrogens (tertiary/aromatic N) is 2. The Morgan fingerprint density at radius 2 is 2.11 bits per heavy atom. The largest absolute Gasteiger partial charge is 0.378 e. The van der Waals surface area contributed by atoms with Gasteiger partial charge in [-0.1, -0.05) is 24.4 Å². The summed E-state index contributed by atoms with van der Waals surface area (Å²) in [6, 6.07) is 0.0996. The quantitative estimate of drug-likeness (QED) is 0.888. The highest BCUT2D eigenvalue weighted by atomic mass is 16.5. The number of hydrogen-bond donors (Lipinski definition) is 1. The number of rotatable bonds is 3. The first-order valence-corrected chi connectivity index (χ1v) is 7.05. The number of hydrogen-bond acceptors (Lipinski definition) is 5. The SMILES string of the molecule is C1CCC(Cc2nc(C3COCCN3)no2)CC1. The molecule has 5 nitrogen and oxygen atoms in total. The average molecular weight is 251 g/mol. The van der Waals surface area contributed by atoms with Gasteiger partial charge in [-0.05, 0) is 18.8 Å². The molecule has 1 N–H and O–H groups in total. The summed E-state index contributed by atoms with van der Waals surface area (Å²) in [7, 11) is 0. The number of nitrogens with one attached hydrogen (secondary N) is 1. The fourth-order valence-electron chi connectivity index (χ4n) is 2.86. The number of morpholine rings is 1. The van der Waals surface area contributed by atoms with Crippen LogP contribution >= 0.6 is 0 Å². The van der Waals surface area contributed by atoms with Crippen LogP contribution in [0.2, 0.25) is 0 Å². The first kappa shape index (κ1) is 12.1. The van der Waals surface area contributed by atoms with Gasteiger partial charge in [-0.25, -0.2) is 0 Å². The standard InChI is InChI=1S/C13H21N3O2/c1-2-4-10(5-3-1)8-12-15-13(16-18-12)11-9-17-7-6-14-11/h10-11,14H,1-9H2. The zero-order valence-corrected chi connectivity index (χ0v) is 10.7. The van der Waals surface area contributed by atoms with Crippen LogP contribution in [0.5, 0.6) is 0 Å². The lowest BCUT2D eigenvalue weighted by Gasteiger charge is -2.20. The second kappa shape index (κ2) is 5.80. The molecule has 0 aromatic carbocycles. The molecule has 18 heavy (non-hydrogen) atoms. The van der Waals surface area contributed by atoms with Gasteiger partial charge in [-0.15, -0.1) is 0 Å². The Hall–Kier alpha value is -0.940. The van der Waals surface area contributed by atoms with Crippen LogP contribution < -0.4 is 5.32 Å². The summed E-state index contributed by atoms with van der Waals surface area (Å²) in [5.74, 6) is 2.28. The van der Waals surface area contributed by atoms with Crippen LogP contribution in [0.1, 0.15) is 49.9 Å². The van der Waals surface area contributed by atoms with Crippen molar-refractivity contribution in [3.8, 4) is 0 Å². The Kier molecular flexibility index (Phi) is 3.90. The van der Waals surface area contributed by atoms with E-state index in [0.717, 1.165) is 37.2 Å². The van der Waals surface area contributed by atoms with Gasteiger partial charge >= 0.3 is 0 Å². The molecule has 0 bridgehead atoms. The van der Waals surface area contributed by atoms with Crippen LogP contribution in [-0.4, -0.2) is 29.9 Å². The Labute approximate surface area is 107 Å². The molecule has 3 rings (SSSR count). The lowest BCUT2D eigenvalue weighted by molar-refractivity contribution is 0.0734. The zero-order chi connectivity index (χ0) is 12.2. The van der Waals surface area contributed by atoms with Crippen molar-refractivity contribution < 1.29 is 9.26 Å². The summed E-state index contributed by atoms with van der Waals surface area (Å²) in [6.45, 7) is 2.27. The third kappa shape index (κ3) is 2.90. The van der Waals surface area contributed by atoms with E-state index >= 15 is 0 Å². The lowest BCUT2D eigenvalue weighted by Crippen LogP contribution is -2.35. The lowest BCUT2D eigenvalue weighted by atomic mass is 9.87. The van der Waals surface area contributed by atoms with Gasteiger partial charge in [0.1, 0.15) is 0 Å². The predicted molar refractivity (Wildman–Crippen MR) is 66.1 cm³/mol. The number of ether oxygens (including phenoxy) is 1. The molecule has 0 amide bonds. The smallest absolute Gasteiger partial charge is 0.226 e. The second-order valence-electron chi connectivity index (χ2n) is 5.34. The Morgan fingerprint density at radius 1 is 1.22 bits per heavy atom. The maximum atomic E-state index is 5.41. The minimum Gasteiger partial charge on any atom is -0.378 e. The van der Waals surface area contributed by atoms with Crippen molar-refractivity contribution in [2.24, 2.45) is 5.92 Å². The molecule has 2 aliphatic rings. The van der Waals surface area contributed by atoms with Gasteiger partial charge < -0.3 is 14.6 Å². The van der Waals surface area contributed by atoms with E-state index in [0.29, 0.717) is 6.61 Å². The van der Waals surface area contributed by atoms with E-state index in [9.17, 15) is 0 Å². The molecule has 0 radical (unpaired) electrons. The molecular formula is C13H21N3O2. The summed E-state index contributed by atoms with van der Waals surface area (Å²) in [5, 5.41) is 7.42. The third-order valence-electron chi connectivity index (χ3n) is 3.91. The van der Waals surface area contributed by atoms with Gasteiger partial charge in [-0.3, -0.25) is 0 Å². The summed E-state index contributed by atoms with van der Waals surface area (Å²) in [6.07, 6.45) is 7.65. The highest BCUT2D eigenvalue weighted by Gasteiger charge is 2.22. The van der Waals surface area contributed by atoms with Crippen molar-refractivity contribution in [2.75, 3.05) is 19.8 Å². The van der Waals surface area contributed by atoms with Crippen molar-refractivity contribution in [1.82, 2.24) is 15.5 Å².